The van der Waals surface area contributed by atoms with Crippen LogP contribution < -0.4 is 0 Å². The van der Waals surface area contributed by atoms with Gasteiger partial charge in [0.15, 0.2) is 5.75 Å². The standard InChI is InChI=1S/C20H17NO3/c1-12-7-8-15-14(11-12)16(19(23)24)17(22)18(21-15)20(9-10-20)13-5-3-2-4-6-13/h2-8,11,22H,9-10H2,1H3,(H,23,24). The summed E-state index contributed by atoms with van der Waals surface area (Å²) in [5, 5.41) is 20.9. The van der Waals surface area contributed by atoms with Crippen LogP contribution in [0.15, 0.2) is 48.5 Å². The van der Waals surface area contributed by atoms with Crippen LogP contribution in [-0.2, 0) is 5.41 Å². The molecule has 1 aliphatic carbocycles. The molecule has 4 heteroatoms. The number of carbonyl (C=O) groups is 1. The van der Waals surface area contributed by atoms with Crippen molar-refractivity contribution < 1.29 is 15.0 Å². The number of pyridine rings is 1. The average Bonchev–Trinajstić information content (AvgIpc) is 3.36. The van der Waals surface area contributed by atoms with Gasteiger partial charge in [0.2, 0.25) is 0 Å². The van der Waals surface area contributed by atoms with Crippen molar-refractivity contribution in [3.63, 3.8) is 0 Å². The smallest absolute Gasteiger partial charge is 0.340 e. The zero-order chi connectivity index (χ0) is 16.9. The van der Waals surface area contributed by atoms with Gasteiger partial charge in [-0.1, -0.05) is 42.0 Å². The quantitative estimate of drug-likeness (QED) is 0.765. The van der Waals surface area contributed by atoms with Gasteiger partial charge >= 0.3 is 5.97 Å². The molecular weight excluding hydrogens is 302 g/mol. The number of aromatic carboxylic acids is 1. The fraction of sp³-hybridized carbons (Fsp3) is 0.200. The molecule has 2 N–H and O–H groups in total. The van der Waals surface area contributed by atoms with Gasteiger partial charge in [-0.3, -0.25) is 0 Å². The summed E-state index contributed by atoms with van der Waals surface area (Å²) in [5.41, 5.74) is 2.64. The summed E-state index contributed by atoms with van der Waals surface area (Å²) in [5.74, 6) is -1.34. The molecule has 1 heterocycles. The van der Waals surface area contributed by atoms with Crippen molar-refractivity contribution in [3.05, 3.63) is 70.9 Å². The van der Waals surface area contributed by atoms with E-state index in [0.29, 0.717) is 16.6 Å². The Morgan fingerprint density at radius 3 is 2.46 bits per heavy atom. The van der Waals surface area contributed by atoms with E-state index in [1.165, 1.54) is 0 Å². The van der Waals surface area contributed by atoms with Crippen LogP contribution in [0.2, 0.25) is 0 Å². The van der Waals surface area contributed by atoms with Gasteiger partial charge in [0, 0.05) is 10.8 Å². The first-order chi connectivity index (χ1) is 11.5. The van der Waals surface area contributed by atoms with E-state index in [4.69, 9.17) is 0 Å². The molecule has 0 unspecified atom stereocenters. The molecule has 3 aromatic rings. The molecule has 0 amide bonds. The summed E-state index contributed by atoms with van der Waals surface area (Å²) >= 11 is 0. The van der Waals surface area contributed by atoms with E-state index in [-0.39, 0.29) is 16.7 Å². The van der Waals surface area contributed by atoms with Crippen molar-refractivity contribution in [3.8, 4) is 5.75 Å². The summed E-state index contributed by atoms with van der Waals surface area (Å²) < 4.78 is 0. The number of aromatic hydroxyl groups is 1. The van der Waals surface area contributed by atoms with Gasteiger partial charge < -0.3 is 10.2 Å². The van der Waals surface area contributed by atoms with Crippen LogP contribution >= 0.6 is 0 Å². The van der Waals surface area contributed by atoms with E-state index >= 15 is 0 Å². The first-order valence-electron chi connectivity index (χ1n) is 7.95. The molecule has 120 valence electrons. The van der Waals surface area contributed by atoms with Crippen molar-refractivity contribution in [1.82, 2.24) is 4.98 Å². The Morgan fingerprint density at radius 1 is 1.12 bits per heavy atom. The van der Waals surface area contributed by atoms with Crippen LogP contribution in [0.4, 0.5) is 0 Å². The highest BCUT2D eigenvalue weighted by Gasteiger charge is 2.49. The lowest BCUT2D eigenvalue weighted by molar-refractivity contribution is 0.0695. The molecule has 1 aliphatic rings. The number of aryl methyl sites for hydroxylation is 1. The third-order valence-corrected chi connectivity index (χ3v) is 4.86. The fourth-order valence-corrected chi connectivity index (χ4v) is 3.46. The van der Waals surface area contributed by atoms with Gasteiger partial charge in [0.05, 0.1) is 11.2 Å². The molecule has 0 radical (unpaired) electrons. The minimum atomic E-state index is -1.13. The molecular formula is C20H17NO3. The lowest BCUT2D eigenvalue weighted by atomic mass is 9.89. The number of aromatic nitrogens is 1. The third-order valence-electron chi connectivity index (χ3n) is 4.86. The molecule has 2 aromatic carbocycles. The monoisotopic (exact) mass is 319 g/mol. The molecule has 1 fully saturated rings. The Bertz CT molecular complexity index is 960. The zero-order valence-electron chi connectivity index (χ0n) is 13.3. The highest BCUT2D eigenvalue weighted by atomic mass is 16.4. The number of carboxylic acid groups (broad SMARTS) is 1. The molecule has 1 saturated carbocycles. The largest absolute Gasteiger partial charge is 0.505 e. The van der Waals surface area contributed by atoms with E-state index in [0.717, 1.165) is 24.0 Å². The predicted molar refractivity (Wildman–Crippen MR) is 91.6 cm³/mol. The zero-order valence-corrected chi connectivity index (χ0v) is 13.3. The molecule has 4 nitrogen and oxygen atoms in total. The Morgan fingerprint density at radius 2 is 1.83 bits per heavy atom. The number of nitrogens with zero attached hydrogens (tertiary/aromatic N) is 1. The molecule has 0 saturated heterocycles. The third kappa shape index (κ3) is 2.07. The van der Waals surface area contributed by atoms with Crippen LogP contribution in [0, 0.1) is 6.92 Å². The van der Waals surface area contributed by atoms with Crippen LogP contribution in [0.25, 0.3) is 10.9 Å². The first-order valence-corrected chi connectivity index (χ1v) is 7.95. The van der Waals surface area contributed by atoms with Gasteiger partial charge in [-0.2, -0.15) is 0 Å². The second-order valence-corrected chi connectivity index (χ2v) is 6.46. The Labute approximate surface area is 139 Å². The van der Waals surface area contributed by atoms with Crippen molar-refractivity contribution >= 4 is 16.9 Å². The minimum absolute atomic E-state index is 0.0547. The molecule has 24 heavy (non-hydrogen) atoms. The molecule has 0 aliphatic heterocycles. The highest BCUT2D eigenvalue weighted by molar-refractivity contribution is 6.05. The topological polar surface area (TPSA) is 70.4 Å². The number of carboxylic acids is 1. The Kier molecular flexibility index (Phi) is 3.10. The van der Waals surface area contributed by atoms with Crippen molar-refractivity contribution in [2.45, 2.75) is 25.2 Å². The SMILES string of the molecule is Cc1ccc2nc(C3(c4ccccc4)CC3)c(O)c(C(=O)O)c2c1. The lowest BCUT2D eigenvalue weighted by Crippen LogP contribution is -2.14. The molecule has 0 bridgehead atoms. The summed E-state index contributed by atoms with van der Waals surface area (Å²) in [6, 6.07) is 15.4. The van der Waals surface area contributed by atoms with Crippen molar-refractivity contribution in [2.75, 3.05) is 0 Å². The van der Waals surface area contributed by atoms with Gasteiger partial charge in [0.1, 0.15) is 5.56 Å². The van der Waals surface area contributed by atoms with Crippen LogP contribution in [-0.4, -0.2) is 21.2 Å². The van der Waals surface area contributed by atoms with E-state index in [9.17, 15) is 15.0 Å². The van der Waals surface area contributed by atoms with Crippen LogP contribution in [0.3, 0.4) is 0 Å². The average molecular weight is 319 g/mol. The fourth-order valence-electron chi connectivity index (χ4n) is 3.46. The molecule has 0 atom stereocenters. The second-order valence-electron chi connectivity index (χ2n) is 6.46. The minimum Gasteiger partial charge on any atom is -0.505 e. The predicted octanol–water partition coefficient (Wildman–Crippen LogP) is 4.03. The Hall–Kier alpha value is -2.88. The van der Waals surface area contributed by atoms with Gasteiger partial charge in [-0.25, -0.2) is 9.78 Å². The molecule has 0 spiro atoms. The van der Waals surface area contributed by atoms with E-state index in [1.54, 1.807) is 6.07 Å². The van der Waals surface area contributed by atoms with Crippen LogP contribution in [0.1, 0.15) is 40.0 Å². The van der Waals surface area contributed by atoms with Crippen molar-refractivity contribution in [1.29, 1.82) is 0 Å². The van der Waals surface area contributed by atoms with Crippen molar-refractivity contribution in [2.24, 2.45) is 0 Å². The highest BCUT2D eigenvalue weighted by Crippen LogP contribution is 2.56. The van der Waals surface area contributed by atoms with Gasteiger partial charge in [-0.15, -0.1) is 0 Å². The number of fused-ring (bicyclic) bond motifs is 1. The van der Waals surface area contributed by atoms with E-state index < -0.39 is 5.97 Å². The summed E-state index contributed by atoms with van der Waals surface area (Å²) in [6.07, 6.45) is 1.71. The maximum Gasteiger partial charge on any atom is 0.340 e. The lowest BCUT2D eigenvalue weighted by Gasteiger charge is -2.19. The maximum absolute atomic E-state index is 11.8. The maximum atomic E-state index is 11.8. The molecule has 4 rings (SSSR count). The number of hydrogen-bond acceptors (Lipinski definition) is 3. The number of hydrogen-bond donors (Lipinski definition) is 2. The van der Waals surface area contributed by atoms with E-state index in [1.807, 2.05) is 49.4 Å². The Balaban J connectivity index is 2.03. The summed E-state index contributed by atoms with van der Waals surface area (Å²) in [4.78, 5) is 16.5. The van der Waals surface area contributed by atoms with Crippen LogP contribution in [0.5, 0.6) is 5.75 Å². The van der Waals surface area contributed by atoms with Gasteiger partial charge in [-0.05, 0) is 37.5 Å². The second kappa shape index (κ2) is 5.06. The number of benzene rings is 2. The van der Waals surface area contributed by atoms with Gasteiger partial charge in [0.25, 0.3) is 0 Å². The van der Waals surface area contributed by atoms with E-state index in [2.05, 4.69) is 4.98 Å². The first kappa shape index (κ1) is 14.7. The summed E-state index contributed by atoms with van der Waals surface area (Å²) in [6.45, 7) is 1.89. The normalized spacial score (nSPS) is 15.4. The summed E-state index contributed by atoms with van der Waals surface area (Å²) in [7, 11) is 0. The molecule has 1 aromatic heterocycles. The number of rotatable bonds is 3.